The zero-order valence-corrected chi connectivity index (χ0v) is 10.1. The summed E-state index contributed by atoms with van der Waals surface area (Å²) in [6, 6.07) is 5.86. The Kier molecular flexibility index (Phi) is 3.34. The van der Waals surface area contributed by atoms with E-state index in [9.17, 15) is 23.7 Å². The fourth-order valence-electron chi connectivity index (χ4n) is 1.60. The summed E-state index contributed by atoms with van der Waals surface area (Å²) in [5.41, 5.74) is 0.282. The van der Waals surface area contributed by atoms with Crippen LogP contribution in [0.1, 0.15) is 18.1 Å². The van der Waals surface area contributed by atoms with Gasteiger partial charge in [0, 0.05) is 0 Å². The van der Waals surface area contributed by atoms with Crippen LogP contribution in [0.15, 0.2) is 24.3 Å². The first kappa shape index (κ1) is 14.1. The van der Waals surface area contributed by atoms with E-state index in [1.54, 1.807) is 6.07 Å². The Balaban J connectivity index is 3.65. The smallest absolute Gasteiger partial charge is 0.302 e. The van der Waals surface area contributed by atoms with Crippen LogP contribution >= 0.6 is 0 Å². The predicted molar refractivity (Wildman–Crippen MR) is 59.5 cm³/mol. The van der Waals surface area contributed by atoms with Gasteiger partial charge < -0.3 is 15.3 Å². The highest BCUT2D eigenvalue weighted by Gasteiger charge is 2.57. The van der Waals surface area contributed by atoms with Crippen LogP contribution in [0, 0.1) is 6.92 Å². The zero-order chi connectivity index (χ0) is 13.5. The Hall–Kier alpha value is -0.990. The van der Waals surface area contributed by atoms with Gasteiger partial charge in [-0.15, -0.1) is 0 Å². The highest BCUT2D eigenvalue weighted by Crippen LogP contribution is 2.38. The van der Waals surface area contributed by atoms with Gasteiger partial charge in [0.1, 0.15) is 0 Å². The van der Waals surface area contributed by atoms with Crippen LogP contribution in [0.3, 0.4) is 0 Å². The Morgan fingerprint density at radius 1 is 1.12 bits per heavy atom. The highest BCUT2D eigenvalue weighted by atomic mass is 32.2. The summed E-state index contributed by atoms with van der Waals surface area (Å²) >= 11 is 0. The summed E-state index contributed by atoms with van der Waals surface area (Å²) in [4.78, 5) is 0. The molecule has 96 valence electrons. The first-order valence-corrected chi connectivity index (χ1v) is 6.16. The van der Waals surface area contributed by atoms with Crippen molar-refractivity contribution < 1.29 is 28.3 Å². The average Bonchev–Trinajstić information content (AvgIpc) is 2.13. The molecule has 0 aromatic heterocycles. The highest BCUT2D eigenvalue weighted by molar-refractivity contribution is 7.86. The molecule has 0 saturated carbocycles. The van der Waals surface area contributed by atoms with Gasteiger partial charge in [0.05, 0.1) is 0 Å². The molecule has 0 heterocycles. The Morgan fingerprint density at radius 3 is 1.94 bits per heavy atom. The van der Waals surface area contributed by atoms with Crippen molar-refractivity contribution in [3.63, 3.8) is 0 Å². The molecule has 0 aliphatic heterocycles. The van der Waals surface area contributed by atoms with E-state index in [0.29, 0.717) is 5.56 Å². The lowest BCUT2D eigenvalue weighted by atomic mass is 9.93. The van der Waals surface area contributed by atoms with Crippen molar-refractivity contribution in [3.8, 4) is 0 Å². The molecule has 7 heteroatoms. The third-order valence-electron chi connectivity index (χ3n) is 2.81. The topological polar surface area (TPSA) is 115 Å². The molecule has 0 amide bonds. The lowest BCUT2D eigenvalue weighted by molar-refractivity contribution is -0.333. The van der Waals surface area contributed by atoms with Crippen LogP contribution in [0.25, 0.3) is 0 Å². The summed E-state index contributed by atoms with van der Waals surface area (Å²) in [5.74, 6) is -3.60. The third-order valence-corrected chi connectivity index (χ3v) is 4.34. The van der Waals surface area contributed by atoms with Crippen molar-refractivity contribution in [2.24, 2.45) is 0 Å². The number of hydrogen-bond donors (Lipinski definition) is 4. The van der Waals surface area contributed by atoms with Crippen LogP contribution < -0.4 is 0 Å². The van der Waals surface area contributed by atoms with E-state index in [2.05, 4.69) is 0 Å². The fraction of sp³-hybridized carbons (Fsp3) is 0.400. The van der Waals surface area contributed by atoms with Crippen LogP contribution in [0.2, 0.25) is 0 Å². The standard InChI is InChI=1S/C10H14O6S/c1-7-5-3-4-6-8(7)9(2,10(11,12)13)17(14,15)16/h3-6,11-13H,1-2H3,(H,14,15,16). The van der Waals surface area contributed by atoms with Gasteiger partial charge in [-0.3, -0.25) is 4.55 Å². The van der Waals surface area contributed by atoms with Gasteiger partial charge in [-0.05, 0) is 25.0 Å². The van der Waals surface area contributed by atoms with E-state index in [4.69, 9.17) is 4.55 Å². The molecule has 4 N–H and O–H groups in total. The number of aliphatic hydroxyl groups is 3. The molecule has 0 spiro atoms. The summed E-state index contributed by atoms with van der Waals surface area (Å²) in [6.07, 6.45) is 0. The summed E-state index contributed by atoms with van der Waals surface area (Å²) in [6.45, 7) is 2.34. The van der Waals surface area contributed by atoms with E-state index < -0.39 is 20.8 Å². The van der Waals surface area contributed by atoms with Crippen LogP contribution in [-0.4, -0.2) is 34.3 Å². The second-order valence-corrected chi connectivity index (χ2v) is 5.73. The van der Waals surface area contributed by atoms with E-state index >= 15 is 0 Å². The van der Waals surface area contributed by atoms with Crippen molar-refractivity contribution >= 4 is 10.1 Å². The first-order chi connectivity index (χ1) is 7.52. The second-order valence-electron chi connectivity index (χ2n) is 3.96. The molecule has 1 aromatic carbocycles. The summed E-state index contributed by atoms with van der Waals surface area (Å²) in [7, 11) is -4.95. The van der Waals surface area contributed by atoms with Crippen LogP contribution in [0.5, 0.6) is 0 Å². The van der Waals surface area contributed by atoms with Crippen molar-refractivity contribution in [2.45, 2.75) is 24.6 Å². The normalized spacial score (nSPS) is 16.6. The maximum atomic E-state index is 11.3. The Bertz CT molecular complexity index is 516. The summed E-state index contributed by atoms with van der Waals surface area (Å²) < 4.78 is 29.2. The lowest BCUT2D eigenvalue weighted by Gasteiger charge is -2.35. The molecule has 17 heavy (non-hydrogen) atoms. The molecular weight excluding hydrogens is 248 g/mol. The fourth-order valence-corrected chi connectivity index (χ4v) is 2.45. The third kappa shape index (κ3) is 2.20. The van der Waals surface area contributed by atoms with E-state index in [1.807, 2.05) is 0 Å². The van der Waals surface area contributed by atoms with Gasteiger partial charge in [0.25, 0.3) is 10.1 Å². The van der Waals surface area contributed by atoms with E-state index in [-0.39, 0.29) is 5.56 Å². The molecule has 1 unspecified atom stereocenters. The molecule has 1 rings (SSSR count). The molecule has 0 fully saturated rings. The maximum Gasteiger partial charge on any atom is 0.302 e. The lowest BCUT2D eigenvalue weighted by Crippen LogP contribution is -2.54. The Labute approximate surface area is 98.9 Å². The van der Waals surface area contributed by atoms with Crippen molar-refractivity contribution in [1.29, 1.82) is 0 Å². The SMILES string of the molecule is Cc1ccccc1C(C)(C(O)(O)O)S(=O)(=O)O. The Morgan fingerprint density at radius 2 is 1.59 bits per heavy atom. The van der Waals surface area contributed by atoms with Crippen molar-refractivity contribution in [2.75, 3.05) is 0 Å². The minimum absolute atomic E-state index is 0.102. The molecule has 6 nitrogen and oxygen atoms in total. The molecular formula is C10H14O6S. The molecule has 1 atom stereocenters. The minimum atomic E-state index is -4.95. The molecule has 0 saturated heterocycles. The van der Waals surface area contributed by atoms with Gasteiger partial charge in [-0.2, -0.15) is 8.42 Å². The monoisotopic (exact) mass is 262 g/mol. The average molecular weight is 262 g/mol. The number of hydrogen-bond acceptors (Lipinski definition) is 5. The van der Waals surface area contributed by atoms with Crippen LogP contribution in [0.4, 0.5) is 0 Å². The quantitative estimate of drug-likeness (QED) is 0.440. The minimum Gasteiger partial charge on any atom is -0.342 e. The van der Waals surface area contributed by atoms with Gasteiger partial charge in [0.2, 0.25) is 0 Å². The molecule has 0 bridgehead atoms. The van der Waals surface area contributed by atoms with Gasteiger partial charge in [-0.25, -0.2) is 0 Å². The predicted octanol–water partition coefficient (Wildman–Crippen LogP) is -0.271. The van der Waals surface area contributed by atoms with E-state index in [1.165, 1.54) is 25.1 Å². The number of aryl methyl sites for hydroxylation is 1. The first-order valence-electron chi connectivity index (χ1n) is 4.72. The summed E-state index contributed by atoms with van der Waals surface area (Å²) in [5, 5.41) is 27.7. The van der Waals surface area contributed by atoms with E-state index in [0.717, 1.165) is 6.92 Å². The van der Waals surface area contributed by atoms with Gasteiger partial charge >= 0.3 is 5.97 Å². The molecule has 0 radical (unpaired) electrons. The number of rotatable bonds is 3. The largest absolute Gasteiger partial charge is 0.342 e. The molecule has 1 aromatic rings. The van der Waals surface area contributed by atoms with Crippen LogP contribution in [-0.2, 0) is 14.9 Å². The molecule has 0 aliphatic rings. The van der Waals surface area contributed by atoms with Gasteiger partial charge in [0.15, 0.2) is 4.75 Å². The maximum absolute atomic E-state index is 11.3. The molecule has 0 aliphatic carbocycles. The van der Waals surface area contributed by atoms with Crippen molar-refractivity contribution in [1.82, 2.24) is 0 Å². The van der Waals surface area contributed by atoms with Crippen molar-refractivity contribution in [3.05, 3.63) is 35.4 Å². The number of benzene rings is 1. The van der Waals surface area contributed by atoms with Gasteiger partial charge in [-0.1, -0.05) is 24.3 Å². The second kappa shape index (κ2) is 4.04. The zero-order valence-electron chi connectivity index (χ0n) is 9.32.